The summed E-state index contributed by atoms with van der Waals surface area (Å²) in [5.74, 6) is 0.589. The number of amides is 1. The van der Waals surface area contributed by atoms with Gasteiger partial charge in [0.15, 0.2) is 0 Å². The van der Waals surface area contributed by atoms with E-state index in [2.05, 4.69) is 5.16 Å². The summed E-state index contributed by atoms with van der Waals surface area (Å²) in [5, 5.41) is 14.8. The number of nitro benzene ring substituents is 1. The highest BCUT2D eigenvalue weighted by molar-refractivity contribution is 5.97. The fraction of sp³-hybridized carbons (Fsp3) is 0.375. The van der Waals surface area contributed by atoms with Gasteiger partial charge in [-0.25, -0.2) is 0 Å². The molecule has 0 radical (unpaired) electrons. The second kappa shape index (κ2) is 5.49. The van der Waals surface area contributed by atoms with Crippen LogP contribution in [0.25, 0.3) is 0 Å². The molecule has 1 amide bonds. The van der Waals surface area contributed by atoms with Gasteiger partial charge in [0, 0.05) is 29.4 Å². The summed E-state index contributed by atoms with van der Waals surface area (Å²) in [4.78, 5) is 24.9. The summed E-state index contributed by atoms with van der Waals surface area (Å²) >= 11 is 0. The first-order chi connectivity index (χ1) is 10.9. The van der Waals surface area contributed by atoms with Gasteiger partial charge in [0.25, 0.3) is 5.69 Å². The largest absolute Gasteiger partial charge is 0.361 e. The van der Waals surface area contributed by atoms with Crippen LogP contribution in [0.3, 0.4) is 0 Å². The number of hydrogen-bond acceptors (Lipinski definition) is 5. The zero-order valence-corrected chi connectivity index (χ0v) is 13.2. The standard InChI is InChI=1S/C16H17N3O4/c1-9-6-12-7-13(19(21)22)4-5-15(12)18(9)16(20)8-14-10(2)17-23-11(14)3/h4-5,7,9H,6,8H2,1-3H3/t9-/m1/s1. The fourth-order valence-corrected chi connectivity index (χ4v) is 3.10. The molecule has 0 N–H and O–H groups in total. The van der Waals surface area contributed by atoms with Crippen LogP contribution in [0.4, 0.5) is 11.4 Å². The molecule has 0 unspecified atom stereocenters. The number of carbonyl (C=O) groups excluding carboxylic acids is 1. The molecule has 1 aliphatic heterocycles. The lowest BCUT2D eigenvalue weighted by atomic mass is 10.1. The van der Waals surface area contributed by atoms with E-state index in [9.17, 15) is 14.9 Å². The molecular weight excluding hydrogens is 298 g/mol. The molecule has 2 heterocycles. The SMILES string of the molecule is Cc1noc(C)c1CC(=O)N1c2ccc([N+](=O)[O-])cc2C[C@H]1C. The lowest BCUT2D eigenvalue weighted by Gasteiger charge is -2.22. The number of anilines is 1. The number of carbonyl (C=O) groups is 1. The minimum absolute atomic E-state index is 0.0278. The van der Waals surface area contributed by atoms with E-state index in [1.807, 2.05) is 13.8 Å². The molecule has 1 aromatic heterocycles. The maximum absolute atomic E-state index is 12.7. The summed E-state index contributed by atoms with van der Waals surface area (Å²) in [6.45, 7) is 5.54. The minimum atomic E-state index is -0.417. The van der Waals surface area contributed by atoms with Gasteiger partial charge in [0.2, 0.25) is 5.91 Å². The third-order valence-corrected chi connectivity index (χ3v) is 4.27. The van der Waals surface area contributed by atoms with E-state index in [0.29, 0.717) is 17.9 Å². The molecule has 0 bridgehead atoms. The normalized spacial score (nSPS) is 16.5. The average Bonchev–Trinajstić information content (AvgIpc) is 2.99. The van der Waals surface area contributed by atoms with Gasteiger partial charge >= 0.3 is 0 Å². The maximum Gasteiger partial charge on any atom is 0.269 e. The molecule has 0 saturated heterocycles. The van der Waals surface area contributed by atoms with E-state index < -0.39 is 4.92 Å². The number of non-ortho nitro benzene ring substituents is 1. The first-order valence-electron chi connectivity index (χ1n) is 7.39. The van der Waals surface area contributed by atoms with E-state index >= 15 is 0 Å². The van der Waals surface area contributed by atoms with Crippen LogP contribution in [0.1, 0.15) is 29.5 Å². The van der Waals surface area contributed by atoms with Crippen molar-refractivity contribution in [1.82, 2.24) is 5.16 Å². The molecule has 0 saturated carbocycles. The number of aryl methyl sites for hydroxylation is 2. The first kappa shape index (κ1) is 15.2. The monoisotopic (exact) mass is 315 g/mol. The Morgan fingerprint density at radius 1 is 1.48 bits per heavy atom. The second-order valence-corrected chi connectivity index (χ2v) is 5.87. The van der Waals surface area contributed by atoms with Crippen molar-refractivity contribution < 1.29 is 14.2 Å². The number of hydrogen-bond donors (Lipinski definition) is 0. The molecule has 1 atom stereocenters. The van der Waals surface area contributed by atoms with Crippen molar-refractivity contribution in [1.29, 1.82) is 0 Å². The molecule has 120 valence electrons. The number of nitrogens with zero attached hydrogens (tertiary/aromatic N) is 3. The van der Waals surface area contributed by atoms with Crippen LogP contribution in [0.2, 0.25) is 0 Å². The van der Waals surface area contributed by atoms with Crippen molar-refractivity contribution in [3.63, 3.8) is 0 Å². The molecule has 1 aliphatic rings. The van der Waals surface area contributed by atoms with Crippen molar-refractivity contribution in [3.05, 3.63) is 50.9 Å². The predicted octanol–water partition coefficient (Wildman–Crippen LogP) is 2.72. The van der Waals surface area contributed by atoms with Crippen LogP contribution in [0, 0.1) is 24.0 Å². The van der Waals surface area contributed by atoms with Crippen LogP contribution in [-0.4, -0.2) is 22.0 Å². The molecule has 0 spiro atoms. The zero-order chi connectivity index (χ0) is 16.7. The topological polar surface area (TPSA) is 89.5 Å². The summed E-state index contributed by atoms with van der Waals surface area (Å²) in [6.07, 6.45) is 0.826. The van der Waals surface area contributed by atoms with Crippen molar-refractivity contribution in [2.45, 2.75) is 39.7 Å². The number of aromatic nitrogens is 1. The highest BCUT2D eigenvalue weighted by Gasteiger charge is 2.32. The summed E-state index contributed by atoms with van der Waals surface area (Å²) in [5.41, 5.74) is 3.15. The number of nitro groups is 1. The van der Waals surface area contributed by atoms with Gasteiger partial charge in [-0.3, -0.25) is 14.9 Å². The highest BCUT2D eigenvalue weighted by Crippen LogP contribution is 2.35. The third kappa shape index (κ3) is 2.58. The molecule has 7 heteroatoms. The first-order valence-corrected chi connectivity index (χ1v) is 7.39. The molecule has 0 fully saturated rings. The van der Waals surface area contributed by atoms with Gasteiger partial charge < -0.3 is 9.42 Å². The highest BCUT2D eigenvalue weighted by atomic mass is 16.6. The van der Waals surface area contributed by atoms with Crippen molar-refractivity contribution in [2.24, 2.45) is 0 Å². The van der Waals surface area contributed by atoms with Gasteiger partial charge in [0.1, 0.15) is 5.76 Å². The summed E-state index contributed by atoms with van der Waals surface area (Å²) < 4.78 is 5.10. The Morgan fingerprint density at radius 2 is 2.22 bits per heavy atom. The minimum Gasteiger partial charge on any atom is -0.361 e. The van der Waals surface area contributed by atoms with Gasteiger partial charge in [-0.15, -0.1) is 0 Å². The van der Waals surface area contributed by atoms with Gasteiger partial charge in [-0.2, -0.15) is 0 Å². The molecular formula is C16H17N3O4. The Hall–Kier alpha value is -2.70. The Morgan fingerprint density at radius 3 is 2.83 bits per heavy atom. The Kier molecular flexibility index (Phi) is 3.63. The summed E-state index contributed by atoms with van der Waals surface area (Å²) in [7, 11) is 0. The average molecular weight is 315 g/mol. The third-order valence-electron chi connectivity index (χ3n) is 4.27. The molecule has 0 aliphatic carbocycles. The number of benzene rings is 1. The van der Waals surface area contributed by atoms with E-state index in [-0.39, 0.29) is 24.1 Å². The van der Waals surface area contributed by atoms with Crippen LogP contribution < -0.4 is 4.90 Å². The fourth-order valence-electron chi connectivity index (χ4n) is 3.10. The lowest BCUT2D eigenvalue weighted by Crippen LogP contribution is -2.37. The molecule has 7 nitrogen and oxygen atoms in total. The van der Waals surface area contributed by atoms with Crippen LogP contribution in [0.15, 0.2) is 22.7 Å². The Balaban J connectivity index is 1.90. The predicted molar refractivity (Wildman–Crippen MR) is 83.4 cm³/mol. The lowest BCUT2D eigenvalue weighted by molar-refractivity contribution is -0.384. The van der Waals surface area contributed by atoms with Gasteiger partial charge in [0.05, 0.1) is 17.0 Å². The molecule has 2 aromatic rings. The number of rotatable bonds is 3. The second-order valence-electron chi connectivity index (χ2n) is 5.87. The van der Waals surface area contributed by atoms with Crippen LogP contribution >= 0.6 is 0 Å². The van der Waals surface area contributed by atoms with Crippen LogP contribution in [-0.2, 0) is 17.6 Å². The van der Waals surface area contributed by atoms with E-state index in [4.69, 9.17) is 4.52 Å². The summed E-state index contributed by atoms with van der Waals surface area (Å²) in [6, 6.07) is 4.62. The quantitative estimate of drug-likeness (QED) is 0.641. The Labute approximate surface area is 133 Å². The molecule has 23 heavy (non-hydrogen) atoms. The van der Waals surface area contributed by atoms with Gasteiger partial charge in [-0.05, 0) is 38.8 Å². The Bertz CT molecular complexity index is 777. The van der Waals surface area contributed by atoms with Crippen molar-refractivity contribution >= 4 is 17.3 Å². The van der Waals surface area contributed by atoms with Crippen LogP contribution in [0.5, 0.6) is 0 Å². The molecule has 3 rings (SSSR count). The van der Waals surface area contributed by atoms with E-state index in [0.717, 1.165) is 16.8 Å². The van der Waals surface area contributed by atoms with E-state index in [1.54, 1.807) is 24.0 Å². The van der Waals surface area contributed by atoms with Crippen molar-refractivity contribution in [2.75, 3.05) is 4.90 Å². The molecule has 1 aromatic carbocycles. The van der Waals surface area contributed by atoms with Gasteiger partial charge in [-0.1, -0.05) is 5.16 Å². The maximum atomic E-state index is 12.7. The number of fused-ring (bicyclic) bond motifs is 1. The smallest absolute Gasteiger partial charge is 0.269 e. The zero-order valence-electron chi connectivity index (χ0n) is 13.2. The van der Waals surface area contributed by atoms with E-state index in [1.165, 1.54) is 6.07 Å². The van der Waals surface area contributed by atoms with Crippen molar-refractivity contribution in [3.8, 4) is 0 Å².